The number of hydrogen-bond acceptors (Lipinski definition) is 3. The summed E-state index contributed by atoms with van der Waals surface area (Å²) in [4.78, 5) is 12.6. The first-order valence-electron chi connectivity index (χ1n) is 6.10. The molecule has 0 bridgehead atoms. The van der Waals surface area contributed by atoms with Gasteiger partial charge in [-0.1, -0.05) is 23.2 Å². The standard InChI is InChI=1S/C13H15Cl2NO3/c14-11-2-1-9(7-12(11)15)19-10-3-5-16(8-10)6-4-13(17)18/h1-2,7,10H,3-6,8H2,(H,17,18). The molecule has 1 aromatic carbocycles. The molecule has 1 saturated heterocycles. The van der Waals surface area contributed by atoms with Gasteiger partial charge < -0.3 is 9.84 Å². The summed E-state index contributed by atoms with van der Waals surface area (Å²) >= 11 is 11.8. The molecule has 0 aliphatic carbocycles. The van der Waals surface area contributed by atoms with Crippen LogP contribution in [0.25, 0.3) is 0 Å². The molecular weight excluding hydrogens is 289 g/mol. The van der Waals surface area contributed by atoms with Crippen LogP contribution in [0, 0.1) is 0 Å². The molecule has 6 heteroatoms. The number of hydrogen-bond donors (Lipinski definition) is 1. The van der Waals surface area contributed by atoms with E-state index in [9.17, 15) is 4.79 Å². The Morgan fingerprint density at radius 3 is 2.89 bits per heavy atom. The average molecular weight is 304 g/mol. The summed E-state index contributed by atoms with van der Waals surface area (Å²) in [5.41, 5.74) is 0. The minimum Gasteiger partial charge on any atom is -0.489 e. The Hall–Kier alpha value is -0.970. The zero-order valence-electron chi connectivity index (χ0n) is 10.3. The Morgan fingerprint density at radius 2 is 2.21 bits per heavy atom. The first-order chi connectivity index (χ1) is 9.04. The number of benzene rings is 1. The molecule has 4 nitrogen and oxygen atoms in total. The van der Waals surface area contributed by atoms with E-state index in [1.54, 1.807) is 18.2 Å². The monoisotopic (exact) mass is 303 g/mol. The lowest BCUT2D eigenvalue weighted by Gasteiger charge is -2.16. The maximum atomic E-state index is 10.5. The molecule has 1 aliphatic heterocycles. The van der Waals surface area contributed by atoms with E-state index in [1.807, 2.05) is 0 Å². The highest BCUT2D eigenvalue weighted by Gasteiger charge is 2.24. The average Bonchev–Trinajstić information content (AvgIpc) is 2.79. The van der Waals surface area contributed by atoms with Crippen LogP contribution in [-0.4, -0.2) is 41.7 Å². The van der Waals surface area contributed by atoms with Crippen molar-refractivity contribution in [2.45, 2.75) is 18.9 Å². The number of halogens is 2. The largest absolute Gasteiger partial charge is 0.489 e. The highest BCUT2D eigenvalue weighted by molar-refractivity contribution is 6.42. The molecule has 1 fully saturated rings. The second-order valence-electron chi connectivity index (χ2n) is 4.55. The van der Waals surface area contributed by atoms with Crippen LogP contribution in [0.15, 0.2) is 18.2 Å². The molecule has 104 valence electrons. The smallest absolute Gasteiger partial charge is 0.304 e. The molecule has 1 unspecified atom stereocenters. The van der Waals surface area contributed by atoms with E-state index in [2.05, 4.69) is 4.90 Å². The van der Waals surface area contributed by atoms with Crippen molar-refractivity contribution in [1.82, 2.24) is 4.90 Å². The molecule has 2 rings (SSSR count). The highest BCUT2D eigenvalue weighted by atomic mass is 35.5. The number of ether oxygens (including phenoxy) is 1. The van der Waals surface area contributed by atoms with Gasteiger partial charge >= 0.3 is 5.97 Å². The predicted molar refractivity (Wildman–Crippen MR) is 74.2 cm³/mol. The molecule has 1 aromatic rings. The Morgan fingerprint density at radius 1 is 1.42 bits per heavy atom. The van der Waals surface area contributed by atoms with Gasteiger partial charge in [-0.25, -0.2) is 0 Å². The fourth-order valence-corrected chi connectivity index (χ4v) is 2.38. The normalized spacial score (nSPS) is 19.6. The number of nitrogens with zero attached hydrogens (tertiary/aromatic N) is 1. The quantitative estimate of drug-likeness (QED) is 0.908. The van der Waals surface area contributed by atoms with Crippen molar-refractivity contribution in [2.24, 2.45) is 0 Å². The summed E-state index contributed by atoms with van der Waals surface area (Å²) in [7, 11) is 0. The summed E-state index contributed by atoms with van der Waals surface area (Å²) in [6.45, 7) is 2.17. The summed E-state index contributed by atoms with van der Waals surface area (Å²) in [6.07, 6.45) is 1.13. The summed E-state index contributed by atoms with van der Waals surface area (Å²) in [6, 6.07) is 5.19. The minimum absolute atomic E-state index is 0.0750. The van der Waals surface area contributed by atoms with Crippen LogP contribution < -0.4 is 4.74 Å². The summed E-state index contributed by atoms with van der Waals surface area (Å²) in [5, 5.41) is 9.62. The molecule has 1 aliphatic rings. The Kier molecular flexibility index (Phi) is 4.91. The van der Waals surface area contributed by atoms with Crippen molar-refractivity contribution in [1.29, 1.82) is 0 Å². The Balaban J connectivity index is 1.84. The third-order valence-corrected chi connectivity index (χ3v) is 3.80. The van der Waals surface area contributed by atoms with Gasteiger partial charge in [0, 0.05) is 25.7 Å². The maximum Gasteiger partial charge on any atom is 0.304 e. The number of likely N-dealkylation sites (tertiary alicyclic amines) is 1. The van der Waals surface area contributed by atoms with Crippen molar-refractivity contribution < 1.29 is 14.6 Å². The van der Waals surface area contributed by atoms with Crippen molar-refractivity contribution in [2.75, 3.05) is 19.6 Å². The van der Waals surface area contributed by atoms with Gasteiger partial charge in [0.15, 0.2) is 0 Å². The van der Waals surface area contributed by atoms with Gasteiger partial charge in [-0.2, -0.15) is 0 Å². The van der Waals surface area contributed by atoms with E-state index >= 15 is 0 Å². The molecule has 0 spiro atoms. The molecule has 0 aromatic heterocycles. The lowest BCUT2D eigenvalue weighted by Crippen LogP contribution is -2.27. The van der Waals surface area contributed by atoms with Crippen molar-refractivity contribution in [3.8, 4) is 5.75 Å². The molecule has 19 heavy (non-hydrogen) atoms. The zero-order valence-corrected chi connectivity index (χ0v) is 11.8. The summed E-state index contributed by atoms with van der Waals surface area (Å²) in [5.74, 6) is -0.0756. The second-order valence-corrected chi connectivity index (χ2v) is 5.36. The molecule has 0 radical (unpaired) electrons. The highest BCUT2D eigenvalue weighted by Crippen LogP contribution is 2.28. The number of carboxylic acid groups (broad SMARTS) is 1. The zero-order chi connectivity index (χ0) is 13.8. The van der Waals surface area contributed by atoms with Crippen LogP contribution in [0.4, 0.5) is 0 Å². The summed E-state index contributed by atoms with van der Waals surface area (Å²) < 4.78 is 5.82. The van der Waals surface area contributed by atoms with Gasteiger partial charge in [0.2, 0.25) is 0 Å². The van der Waals surface area contributed by atoms with Crippen LogP contribution in [-0.2, 0) is 4.79 Å². The Bertz CT molecular complexity index is 467. The van der Waals surface area contributed by atoms with Gasteiger partial charge in [0.1, 0.15) is 11.9 Å². The van der Waals surface area contributed by atoms with E-state index in [1.165, 1.54) is 0 Å². The van der Waals surface area contributed by atoms with Crippen molar-refractivity contribution >= 4 is 29.2 Å². The van der Waals surface area contributed by atoms with E-state index in [0.29, 0.717) is 22.3 Å². The van der Waals surface area contributed by atoms with Crippen LogP contribution >= 0.6 is 23.2 Å². The van der Waals surface area contributed by atoms with Gasteiger partial charge in [0.05, 0.1) is 16.5 Å². The molecule has 1 heterocycles. The van der Waals surface area contributed by atoms with Gasteiger partial charge in [-0.3, -0.25) is 9.69 Å². The van der Waals surface area contributed by atoms with Gasteiger partial charge in [0.25, 0.3) is 0 Å². The Labute approximate surface area is 121 Å². The molecule has 0 saturated carbocycles. The van der Waals surface area contributed by atoms with Crippen LogP contribution in [0.2, 0.25) is 10.0 Å². The SMILES string of the molecule is O=C(O)CCN1CCC(Oc2ccc(Cl)c(Cl)c2)C1. The van der Waals surface area contributed by atoms with Gasteiger partial charge in [-0.15, -0.1) is 0 Å². The van der Waals surface area contributed by atoms with Gasteiger partial charge in [-0.05, 0) is 18.6 Å². The van der Waals surface area contributed by atoms with Crippen LogP contribution in [0.1, 0.15) is 12.8 Å². The first kappa shape index (κ1) is 14.4. The van der Waals surface area contributed by atoms with E-state index in [4.69, 9.17) is 33.0 Å². The lowest BCUT2D eigenvalue weighted by atomic mass is 10.3. The molecule has 1 N–H and O–H groups in total. The number of carboxylic acids is 1. The minimum atomic E-state index is -0.770. The topological polar surface area (TPSA) is 49.8 Å². The van der Waals surface area contributed by atoms with Crippen molar-refractivity contribution in [3.05, 3.63) is 28.2 Å². The number of carbonyl (C=O) groups is 1. The predicted octanol–water partition coefficient (Wildman–Crippen LogP) is 2.92. The fraction of sp³-hybridized carbons (Fsp3) is 0.462. The van der Waals surface area contributed by atoms with E-state index in [0.717, 1.165) is 19.5 Å². The maximum absolute atomic E-state index is 10.5. The lowest BCUT2D eigenvalue weighted by molar-refractivity contribution is -0.137. The molecule has 0 amide bonds. The van der Waals surface area contributed by atoms with E-state index in [-0.39, 0.29) is 12.5 Å². The van der Waals surface area contributed by atoms with Crippen LogP contribution in [0.3, 0.4) is 0 Å². The second kappa shape index (κ2) is 6.46. The number of aliphatic carboxylic acids is 1. The molecular formula is C13H15Cl2NO3. The molecule has 1 atom stereocenters. The number of rotatable bonds is 5. The fourth-order valence-electron chi connectivity index (χ4n) is 2.09. The van der Waals surface area contributed by atoms with E-state index < -0.39 is 5.97 Å². The van der Waals surface area contributed by atoms with Crippen LogP contribution in [0.5, 0.6) is 5.75 Å². The van der Waals surface area contributed by atoms with Crippen molar-refractivity contribution in [3.63, 3.8) is 0 Å². The third-order valence-electron chi connectivity index (χ3n) is 3.06. The first-order valence-corrected chi connectivity index (χ1v) is 6.86. The third kappa shape index (κ3) is 4.27.